The number of amides is 1. The molecule has 2 heterocycles. The van der Waals surface area contributed by atoms with E-state index in [0.717, 1.165) is 30.0 Å². The number of morpholine rings is 1. The minimum Gasteiger partial charge on any atom is -0.369 e. The molecule has 0 saturated carbocycles. The van der Waals surface area contributed by atoms with Gasteiger partial charge in [0.25, 0.3) is 0 Å². The van der Waals surface area contributed by atoms with Crippen molar-refractivity contribution in [3.63, 3.8) is 0 Å². The molecule has 21 heavy (non-hydrogen) atoms. The molecule has 6 heteroatoms. The molecule has 2 aliphatic rings. The highest BCUT2D eigenvalue weighted by Crippen LogP contribution is 2.39. The van der Waals surface area contributed by atoms with E-state index in [-0.39, 0.29) is 17.6 Å². The molecule has 5 nitrogen and oxygen atoms in total. The molecule has 0 aliphatic carbocycles. The molecule has 1 fully saturated rings. The van der Waals surface area contributed by atoms with E-state index < -0.39 is 6.04 Å². The standard InChI is InChI=1S/C15H20ClN3O2/c1-8-6-19(7-15(2,3)21-8)12-5-11-9(4-10(12)16)13(17)14(20)18-11/h4-5,8,13H,6-7,17H2,1-3H3,(H,18,20). The molecule has 2 unspecified atom stereocenters. The van der Waals surface area contributed by atoms with E-state index in [2.05, 4.69) is 24.1 Å². The number of nitrogens with one attached hydrogen (secondary N) is 1. The maximum absolute atomic E-state index is 11.7. The van der Waals surface area contributed by atoms with Gasteiger partial charge in [0, 0.05) is 24.3 Å². The predicted octanol–water partition coefficient (Wildman–Crippen LogP) is 2.30. The van der Waals surface area contributed by atoms with Crippen LogP contribution >= 0.6 is 11.6 Å². The summed E-state index contributed by atoms with van der Waals surface area (Å²) in [5.74, 6) is -0.186. The molecule has 0 aromatic heterocycles. The Labute approximate surface area is 129 Å². The van der Waals surface area contributed by atoms with Gasteiger partial charge in [-0.25, -0.2) is 0 Å². The highest BCUT2D eigenvalue weighted by molar-refractivity contribution is 6.33. The summed E-state index contributed by atoms with van der Waals surface area (Å²) >= 11 is 6.42. The van der Waals surface area contributed by atoms with Crippen LogP contribution in [-0.2, 0) is 9.53 Å². The number of nitrogens with zero attached hydrogens (tertiary/aromatic N) is 1. The summed E-state index contributed by atoms with van der Waals surface area (Å²) in [6, 6.07) is 3.07. The lowest BCUT2D eigenvalue weighted by atomic mass is 10.0. The fraction of sp³-hybridized carbons (Fsp3) is 0.533. The third-order valence-corrected chi connectivity index (χ3v) is 4.21. The van der Waals surface area contributed by atoms with Crippen LogP contribution in [0.25, 0.3) is 0 Å². The third kappa shape index (κ3) is 2.61. The largest absolute Gasteiger partial charge is 0.369 e. The van der Waals surface area contributed by atoms with Crippen LogP contribution in [0.1, 0.15) is 32.4 Å². The zero-order valence-electron chi connectivity index (χ0n) is 12.4. The van der Waals surface area contributed by atoms with E-state index in [1.165, 1.54) is 0 Å². The molecule has 3 rings (SSSR count). The summed E-state index contributed by atoms with van der Waals surface area (Å²) in [6.07, 6.45) is 0.120. The molecule has 2 aliphatic heterocycles. The minimum absolute atomic E-state index is 0.120. The van der Waals surface area contributed by atoms with Crippen molar-refractivity contribution in [1.29, 1.82) is 0 Å². The molecule has 0 radical (unpaired) electrons. The summed E-state index contributed by atoms with van der Waals surface area (Å²) in [5, 5.41) is 3.42. The van der Waals surface area contributed by atoms with Crippen LogP contribution in [0, 0.1) is 0 Å². The first-order valence-corrected chi connectivity index (χ1v) is 7.47. The molecule has 114 valence electrons. The van der Waals surface area contributed by atoms with Crippen LogP contribution in [0.3, 0.4) is 0 Å². The average Bonchev–Trinajstić information content (AvgIpc) is 2.62. The Bertz CT molecular complexity index is 603. The Morgan fingerprint density at radius 3 is 2.86 bits per heavy atom. The summed E-state index contributed by atoms with van der Waals surface area (Å²) in [5.41, 5.74) is 8.03. The van der Waals surface area contributed by atoms with Crippen molar-refractivity contribution in [2.75, 3.05) is 23.3 Å². The van der Waals surface area contributed by atoms with Crippen LogP contribution in [0.4, 0.5) is 11.4 Å². The molecule has 1 aromatic carbocycles. The SMILES string of the molecule is CC1CN(c2cc3c(cc2Cl)C(N)C(=O)N3)CC(C)(C)O1. The number of ether oxygens (including phenoxy) is 1. The summed E-state index contributed by atoms with van der Waals surface area (Å²) in [7, 11) is 0. The summed E-state index contributed by atoms with van der Waals surface area (Å²) in [4.78, 5) is 13.9. The first kappa shape index (κ1) is 14.6. The number of anilines is 2. The lowest BCUT2D eigenvalue weighted by Gasteiger charge is -2.43. The molecular weight excluding hydrogens is 290 g/mol. The Balaban J connectivity index is 1.97. The summed E-state index contributed by atoms with van der Waals surface area (Å²) < 4.78 is 5.92. The van der Waals surface area contributed by atoms with Crippen molar-refractivity contribution in [3.05, 3.63) is 22.7 Å². The maximum Gasteiger partial charge on any atom is 0.245 e. The highest BCUT2D eigenvalue weighted by Gasteiger charge is 2.34. The molecule has 2 atom stereocenters. The molecule has 1 amide bonds. The fourth-order valence-corrected chi connectivity index (χ4v) is 3.47. The van der Waals surface area contributed by atoms with Crippen molar-refractivity contribution in [2.45, 2.75) is 38.5 Å². The van der Waals surface area contributed by atoms with Crippen molar-refractivity contribution < 1.29 is 9.53 Å². The van der Waals surface area contributed by atoms with Gasteiger partial charge < -0.3 is 20.7 Å². The zero-order chi connectivity index (χ0) is 15.4. The number of hydrogen-bond acceptors (Lipinski definition) is 4. The monoisotopic (exact) mass is 309 g/mol. The number of rotatable bonds is 1. The summed E-state index contributed by atoms with van der Waals surface area (Å²) in [6.45, 7) is 7.69. The quantitative estimate of drug-likeness (QED) is 0.835. The first-order valence-electron chi connectivity index (χ1n) is 7.09. The second-order valence-electron chi connectivity index (χ2n) is 6.43. The van der Waals surface area contributed by atoms with Gasteiger partial charge in [-0.05, 0) is 32.9 Å². The normalized spacial score (nSPS) is 27.5. The molecule has 0 spiro atoms. The maximum atomic E-state index is 11.7. The fourth-order valence-electron chi connectivity index (χ4n) is 3.17. The lowest BCUT2D eigenvalue weighted by Crippen LogP contribution is -2.52. The average molecular weight is 310 g/mol. The van der Waals surface area contributed by atoms with E-state index in [9.17, 15) is 4.79 Å². The van der Waals surface area contributed by atoms with E-state index in [1.807, 2.05) is 13.0 Å². The van der Waals surface area contributed by atoms with Gasteiger partial charge in [0.05, 0.1) is 22.4 Å². The van der Waals surface area contributed by atoms with Gasteiger partial charge in [-0.3, -0.25) is 4.79 Å². The third-order valence-electron chi connectivity index (χ3n) is 3.90. The van der Waals surface area contributed by atoms with Crippen molar-refractivity contribution >= 4 is 28.9 Å². The van der Waals surface area contributed by atoms with Gasteiger partial charge >= 0.3 is 0 Å². The number of carbonyl (C=O) groups excluding carboxylic acids is 1. The highest BCUT2D eigenvalue weighted by atomic mass is 35.5. The van der Waals surface area contributed by atoms with Gasteiger partial charge in [-0.15, -0.1) is 0 Å². The molecule has 0 bridgehead atoms. The lowest BCUT2D eigenvalue weighted by molar-refractivity contribution is -0.116. The number of carbonyl (C=O) groups is 1. The molecule has 1 saturated heterocycles. The second kappa shape index (κ2) is 4.87. The smallest absolute Gasteiger partial charge is 0.245 e. The second-order valence-corrected chi connectivity index (χ2v) is 6.83. The minimum atomic E-state index is -0.633. The Morgan fingerprint density at radius 1 is 1.48 bits per heavy atom. The molecular formula is C15H20ClN3O2. The predicted molar refractivity (Wildman–Crippen MR) is 83.8 cm³/mol. The van der Waals surface area contributed by atoms with Gasteiger partial charge in [-0.1, -0.05) is 11.6 Å². The topological polar surface area (TPSA) is 67.6 Å². The van der Waals surface area contributed by atoms with E-state index in [4.69, 9.17) is 22.1 Å². The van der Waals surface area contributed by atoms with Crippen LogP contribution in [0.5, 0.6) is 0 Å². The number of hydrogen-bond donors (Lipinski definition) is 2. The van der Waals surface area contributed by atoms with Gasteiger partial charge in [-0.2, -0.15) is 0 Å². The number of nitrogens with two attached hydrogens (primary N) is 1. The first-order chi connectivity index (χ1) is 9.77. The van der Waals surface area contributed by atoms with Crippen LogP contribution < -0.4 is 16.0 Å². The van der Waals surface area contributed by atoms with E-state index in [0.29, 0.717) is 5.02 Å². The van der Waals surface area contributed by atoms with Gasteiger partial charge in [0.2, 0.25) is 5.91 Å². The van der Waals surface area contributed by atoms with E-state index >= 15 is 0 Å². The number of halogens is 1. The van der Waals surface area contributed by atoms with Crippen LogP contribution in [0.15, 0.2) is 12.1 Å². The van der Waals surface area contributed by atoms with Crippen LogP contribution in [-0.4, -0.2) is 30.7 Å². The number of benzene rings is 1. The molecule has 3 N–H and O–H groups in total. The Morgan fingerprint density at radius 2 is 2.19 bits per heavy atom. The van der Waals surface area contributed by atoms with Gasteiger partial charge in [0.15, 0.2) is 0 Å². The zero-order valence-corrected chi connectivity index (χ0v) is 13.2. The van der Waals surface area contributed by atoms with Crippen molar-refractivity contribution in [3.8, 4) is 0 Å². The Hall–Kier alpha value is -1.30. The number of fused-ring (bicyclic) bond motifs is 1. The van der Waals surface area contributed by atoms with Gasteiger partial charge in [0.1, 0.15) is 6.04 Å². The van der Waals surface area contributed by atoms with E-state index in [1.54, 1.807) is 6.07 Å². The van der Waals surface area contributed by atoms with Crippen LogP contribution in [0.2, 0.25) is 5.02 Å². The van der Waals surface area contributed by atoms with Crippen molar-refractivity contribution in [2.24, 2.45) is 5.73 Å². The Kier molecular flexibility index (Phi) is 3.39. The van der Waals surface area contributed by atoms with Crippen molar-refractivity contribution in [1.82, 2.24) is 0 Å². The molecule has 1 aromatic rings.